The van der Waals surface area contributed by atoms with E-state index in [1.54, 1.807) is 12.4 Å². The Kier molecular flexibility index (Phi) is 3.27. The third kappa shape index (κ3) is 2.32. The molecule has 15 heavy (non-hydrogen) atoms. The lowest BCUT2D eigenvalue weighted by molar-refractivity contribution is -0.161. The molecule has 6 nitrogen and oxygen atoms in total. The van der Waals surface area contributed by atoms with E-state index in [0.29, 0.717) is 5.16 Å². The fraction of sp³-hybridized carbons (Fsp3) is 0.625. The summed E-state index contributed by atoms with van der Waals surface area (Å²) in [6.45, 7) is 0.0105. The van der Waals surface area contributed by atoms with Crippen LogP contribution in [-0.4, -0.2) is 55.6 Å². The maximum absolute atomic E-state index is 9.61. The van der Waals surface area contributed by atoms with E-state index in [0.717, 1.165) is 0 Å². The summed E-state index contributed by atoms with van der Waals surface area (Å²) in [7, 11) is 0. The number of hydrogen-bond donors (Lipinski definition) is 4. The lowest BCUT2D eigenvalue weighted by Gasteiger charge is -2.34. The van der Waals surface area contributed by atoms with Gasteiger partial charge in [0, 0.05) is 12.4 Å². The highest BCUT2D eigenvalue weighted by atomic mass is 32.2. The summed E-state index contributed by atoms with van der Waals surface area (Å²) < 4.78 is 5.19. The largest absolute Gasteiger partial charge is 0.388 e. The zero-order chi connectivity index (χ0) is 10.8. The van der Waals surface area contributed by atoms with Crippen LogP contribution in [0, 0.1) is 0 Å². The van der Waals surface area contributed by atoms with E-state index in [4.69, 9.17) is 4.74 Å². The fourth-order valence-corrected chi connectivity index (χ4v) is 2.23. The molecule has 1 aromatic rings. The molecule has 1 aromatic heterocycles. The zero-order valence-electron chi connectivity index (χ0n) is 7.78. The van der Waals surface area contributed by atoms with E-state index in [-0.39, 0.29) is 6.61 Å². The minimum Gasteiger partial charge on any atom is -0.388 e. The van der Waals surface area contributed by atoms with E-state index in [1.807, 2.05) is 0 Å². The predicted octanol–water partition coefficient (Wildman–Crippen LogP) is -1.06. The van der Waals surface area contributed by atoms with E-state index < -0.39 is 23.7 Å². The molecule has 0 saturated carbocycles. The number of aliphatic hydroxyl groups excluding tert-OH is 3. The highest BCUT2D eigenvalue weighted by Gasteiger charge is 2.38. The van der Waals surface area contributed by atoms with Gasteiger partial charge in [0.25, 0.3) is 0 Å². The first-order valence-electron chi connectivity index (χ1n) is 4.50. The van der Waals surface area contributed by atoms with Crippen molar-refractivity contribution in [3.8, 4) is 0 Å². The Morgan fingerprint density at radius 2 is 2.20 bits per heavy atom. The van der Waals surface area contributed by atoms with Crippen molar-refractivity contribution in [3.05, 3.63) is 12.4 Å². The lowest BCUT2D eigenvalue weighted by atomic mass is 10.1. The van der Waals surface area contributed by atoms with Crippen LogP contribution in [0.15, 0.2) is 17.6 Å². The summed E-state index contributed by atoms with van der Waals surface area (Å²) in [4.78, 5) is 6.81. The fourth-order valence-electron chi connectivity index (χ4n) is 1.31. The molecular weight excluding hydrogens is 220 g/mol. The minimum atomic E-state index is -1.17. The van der Waals surface area contributed by atoms with E-state index in [9.17, 15) is 15.3 Å². The van der Waals surface area contributed by atoms with Crippen LogP contribution in [0.2, 0.25) is 0 Å². The number of rotatable bonds is 2. The van der Waals surface area contributed by atoms with Crippen molar-refractivity contribution in [1.82, 2.24) is 9.97 Å². The van der Waals surface area contributed by atoms with Crippen molar-refractivity contribution in [2.75, 3.05) is 6.61 Å². The summed E-state index contributed by atoms with van der Waals surface area (Å²) in [6, 6.07) is 0. The van der Waals surface area contributed by atoms with Crippen molar-refractivity contribution in [2.45, 2.75) is 28.9 Å². The number of aromatic amines is 1. The molecule has 1 aliphatic rings. The van der Waals surface area contributed by atoms with Crippen molar-refractivity contribution >= 4 is 11.8 Å². The van der Waals surface area contributed by atoms with Crippen LogP contribution in [0.3, 0.4) is 0 Å². The summed E-state index contributed by atoms with van der Waals surface area (Å²) in [5, 5.41) is 28.9. The molecule has 1 aliphatic heterocycles. The van der Waals surface area contributed by atoms with E-state index in [1.165, 1.54) is 11.8 Å². The van der Waals surface area contributed by atoms with Crippen LogP contribution in [0.5, 0.6) is 0 Å². The second-order valence-corrected chi connectivity index (χ2v) is 4.35. The van der Waals surface area contributed by atoms with Gasteiger partial charge in [-0.1, -0.05) is 11.8 Å². The first-order valence-corrected chi connectivity index (χ1v) is 5.38. The first kappa shape index (κ1) is 10.9. The first-order chi connectivity index (χ1) is 7.18. The zero-order valence-corrected chi connectivity index (χ0v) is 8.59. The number of H-pyrrole nitrogens is 1. The van der Waals surface area contributed by atoms with E-state index >= 15 is 0 Å². The number of ether oxygens (including phenoxy) is 1. The third-order valence-electron chi connectivity index (χ3n) is 2.16. The maximum atomic E-state index is 9.61. The van der Waals surface area contributed by atoms with Gasteiger partial charge in [-0.15, -0.1) is 0 Å². The van der Waals surface area contributed by atoms with Gasteiger partial charge < -0.3 is 25.0 Å². The van der Waals surface area contributed by atoms with Gasteiger partial charge >= 0.3 is 0 Å². The number of aliphatic hydroxyl groups is 3. The highest BCUT2D eigenvalue weighted by molar-refractivity contribution is 7.99. The minimum absolute atomic E-state index is 0.0105. The summed E-state index contributed by atoms with van der Waals surface area (Å²) in [6.07, 6.45) is -0.0884. The summed E-state index contributed by atoms with van der Waals surface area (Å²) in [5.41, 5.74) is -0.616. The maximum Gasteiger partial charge on any atom is 0.167 e. The highest BCUT2D eigenvalue weighted by Crippen LogP contribution is 2.28. The molecule has 7 heteroatoms. The van der Waals surface area contributed by atoms with Crippen LogP contribution in [0.4, 0.5) is 0 Å². The number of nitrogens with zero attached hydrogens (tertiary/aromatic N) is 1. The van der Waals surface area contributed by atoms with Gasteiger partial charge in [-0.25, -0.2) is 4.98 Å². The molecule has 0 aromatic carbocycles. The molecule has 0 radical (unpaired) electrons. The van der Waals surface area contributed by atoms with Crippen LogP contribution in [-0.2, 0) is 4.74 Å². The van der Waals surface area contributed by atoms with Gasteiger partial charge in [-0.05, 0) is 0 Å². The van der Waals surface area contributed by atoms with Gasteiger partial charge in [0.15, 0.2) is 5.16 Å². The molecule has 0 amide bonds. The Balaban J connectivity index is 1.98. The van der Waals surface area contributed by atoms with Gasteiger partial charge in [0.2, 0.25) is 0 Å². The molecule has 0 unspecified atom stereocenters. The molecule has 0 bridgehead atoms. The topological polar surface area (TPSA) is 98.6 Å². The van der Waals surface area contributed by atoms with Crippen LogP contribution in [0.25, 0.3) is 0 Å². The van der Waals surface area contributed by atoms with Gasteiger partial charge in [-0.2, -0.15) is 0 Å². The molecule has 84 valence electrons. The lowest BCUT2D eigenvalue weighted by Crippen LogP contribution is -2.51. The summed E-state index contributed by atoms with van der Waals surface area (Å²) >= 11 is 1.18. The number of aromatic nitrogens is 2. The Labute approximate surface area is 90.3 Å². The Morgan fingerprint density at radius 3 is 2.87 bits per heavy atom. The van der Waals surface area contributed by atoms with Gasteiger partial charge in [0.1, 0.15) is 23.7 Å². The number of nitrogens with one attached hydrogen (secondary N) is 1. The van der Waals surface area contributed by atoms with E-state index in [2.05, 4.69) is 9.97 Å². The number of hydrogen-bond acceptors (Lipinski definition) is 6. The Morgan fingerprint density at radius 1 is 1.40 bits per heavy atom. The smallest absolute Gasteiger partial charge is 0.167 e. The van der Waals surface area contributed by atoms with Crippen molar-refractivity contribution in [2.24, 2.45) is 0 Å². The van der Waals surface area contributed by atoms with Gasteiger partial charge in [-0.3, -0.25) is 0 Å². The molecule has 2 rings (SSSR count). The van der Waals surface area contributed by atoms with Crippen molar-refractivity contribution in [3.63, 3.8) is 0 Å². The second-order valence-electron chi connectivity index (χ2n) is 3.26. The van der Waals surface area contributed by atoms with Crippen LogP contribution >= 0.6 is 11.8 Å². The monoisotopic (exact) mass is 232 g/mol. The molecule has 4 N–H and O–H groups in total. The normalized spacial score (nSPS) is 36.7. The molecule has 0 spiro atoms. The van der Waals surface area contributed by atoms with Crippen LogP contribution in [0.1, 0.15) is 0 Å². The third-order valence-corrected chi connectivity index (χ3v) is 3.25. The molecule has 1 saturated heterocycles. The molecule has 0 aliphatic carbocycles. The molecule has 1 fully saturated rings. The average Bonchev–Trinajstić information content (AvgIpc) is 2.72. The standard InChI is InChI=1S/C8H12N2O4S/c11-4-3-14-7(6(13)5(4)12)15-8-9-1-2-10-8/h1-2,4-7,11-13H,3H2,(H,9,10)/t4-,5-,6+,7-/m1/s1. The van der Waals surface area contributed by atoms with Crippen molar-refractivity contribution < 1.29 is 20.1 Å². The quantitative estimate of drug-likeness (QED) is 0.519. The molecule has 2 heterocycles. The Bertz CT molecular complexity index is 308. The average molecular weight is 232 g/mol. The second kappa shape index (κ2) is 4.50. The Hall–Kier alpha value is -0.600. The number of thioether (sulfide) groups is 1. The summed E-state index contributed by atoms with van der Waals surface area (Å²) in [5.74, 6) is 0. The van der Waals surface area contributed by atoms with Crippen LogP contribution < -0.4 is 0 Å². The molecule has 4 atom stereocenters. The number of imidazole rings is 1. The molecular formula is C8H12N2O4S. The van der Waals surface area contributed by atoms with Gasteiger partial charge in [0.05, 0.1) is 6.61 Å². The SMILES string of the molecule is O[C@H]1[C@H](O)[C@@H](Sc2ncc[nH]2)OC[C@H]1O. The van der Waals surface area contributed by atoms with Crippen molar-refractivity contribution in [1.29, 1.82) is 0 Å². The predicted molar refractivity (Wildman–Crippen MR) is 52.2 cm³/mol.